The normalized spacial score (nSPS) is 12.5. The maximum Gasteiger partial charge on any atom is 0.407 e. The molecule has 0 bridgehead atoms. The van der Waals surface area contributed by atoms with Crippen molar-refractivity contribution in [3.05, 3.63) is 12.2 Å². The highest BCUT2D eigenvalue weighted by Crippen LogP contribution is 2.16. The molecular formula is C12H21NO4. The van der Waals surface area contributed by atoms with Gasteiger partial charge in [-0.2, -0.15) is 0 Å². The molecule has 0 aromatic rings. The molecule has 5 heteroatoms. The molecule has 0 saturated carbocycles. The Morgan fingerprint density at radius 1 is 1.24 bits per heavy atom. The van der Waals surface area contributed by atoms with Gasteiger partial charge in [0, 0.05) is 6.54 Å². The Hall–Kier alpha value is -1.52. The van der Waals surface area contributed by atoms with Crippen LogP contribution in [0, 0.1) is 5.41 Å². The fourth-order valence-electron chi connectivity index (χ4n) is 0.881. The molecule has 5 nitrogen and oxygen atoms in total. The van der Waals surface area contributed by atoms with Crippen molar-refractivity contribution in [2.24, 2.45) is 5.41 Å². The summed E-state index contributed by atoms with van der Waals surface area (Å²) < 4.78 is 5.02. The average molecular weight is 243 g/mol. The van der Waals surface area contributed by atoms with E-state index in [2.05, 4.69) is 5.32 Å². The van der Waals surface area contributed by atoms with Crippen LogP contribution in [0.5, 0.6) is 0 Å². The van der Waals surface area contributed by atoms with Crippen LogP contribution in [-0.4, -0.2) is 29.3 Å². The van der Waals surface area contributed by atoms with Crippen molar-refractivity contribution >= 4 is 12.1 Å². The van der Waals surface area contributed by atoms with Crippen LogP contribution in [-0.2, 0) is 9.53 Å². The summed E-state index contributed by atoms with van der Waals surface area (Å²) in [6, 6.07) is 0. The number of hydrogen-bond donors (Lipinski definition) is 2. The maximum atomic E-state index is 11.2. The Labute approximate surface area is 102 Å². The van der Waals surface area contributed by atoms with E-state index >= 15 is 0 Å². The summed E-state index contributed by atoms with van der Waals surface area (Å²) >= 11 is 0. The van der Waals surface area contributed by atoms with Gasteiger partial charge < -0.3 is 15.2 Å². The van der Waals surface area contributed by atoms with Crippen molar-refractivity contribution in [2.75, 3.05) is 6.54 Å². The fraction of sp³-hybridized carbons (Fsp3) is 0.667. The van der Waals surface area contributed by atoms with Crippen LogP contribution >= 0.6 is 0 Å². The van der Waals surface area contributed by atoms with Crippen molar-refractivity contribution in [1.82, 2.24) is 5.32 Å². The molecule has 0 unspecified atom stereocenters. The van der Waals surface area contributed by atoms with Crippen LogP contribution in [0.4, 0.5) is 4.79 Å². The van der Waals surface area contributed by atoms with E-state index in [1.54, 1.807) is 40.7 Å². The molecule has 0 aromatic heterocycles. The number of carboxylic acids is 1. The zero-order valence-electron chi connectivity index (χ0n) is 11.0. The van der Waals surface area contributed by atoms with Gasteiger partial charge in [-0.3, -0.25) is 4.79 Å². The smallest absolute Gasteiger partial charge is 0.407 e. The van der Waals surface area contributed by atoms with Gasteiger partial charge in [0.25, 0.3) is 0 Å². The molecule has 17 heavy (non-hydrogen) atoms. The van der Waals surface area contributed by atoms with Crippen LogP contribution < -0.4 is 5.32 Å². The lowest BCUT2D eigenvalue weighted by Gasteiger charge is -2.19. The molecule has 0 saturated heterocycles. The quantitative estimate of drug-likeness (QED) is 0.742. The van der Waals surface area contributed by atoms with Gasteiger partial charge in [-0.05, 0) is 34.6 Å². The second-order valence-electron chi connectivity index (χ2n) is 5.31. The molecule has 0 heterocycles. The van der Waals surface area contributed by atoms with E-state index in [4.69, 9.17) is 9.84 Å². The summed E-state index contributed by atoms with van der Waals surface area (Å²) in [5.41, 5.74) is -1.47. The molecule has 2 N–H and O–H groups in total. The summed E-state index contributed by atoms with van der Waals surface area (Å²) in [7, 11) is 0. The SMILES string of the molecule is CC(C)(C)OC(=O)NCC=CC(C)(C)C(=O)O. The van der Waals surface area contributed by atoms with Gasteiger partial charge in [0.1, 0.15) is 5.60 Å². The second-order valence-corrected chi connectivity index (χ2v) is 5.31. The Morgan fingerprint density at radius 3 is 2.18 bits per heavy atom. The number of rotatable bonds is 4. The average Bonchev–Trinajstić information content (AvgIpc) is 2.09. The summed E-state index contributed by atoms with van der Waals surface area (Å²) in [6.45, 7) is 8.73. The van der Waals surface area contributed by atoms with Crippen molar-refractivity contribution in [1.29, 1.82) is 0 Å². The third-order valence-corrected chi connectivity index (χ3v) is 1.85. The highest BCUT2D eigenvalue weighted by molar-refractivity contribution is 5.76. The van der Waals surface area contributed by atoms with E-state index in [1.165, 1.54) is 6.08 Å². The Balaban J connectivity index is 4.05. The van der Waals surface area contributed by atoms with Crippen LogP contribution in [0.15, 0.2) is 12.2 Å². The van der Waals surface area contributed by atoms with Gasteiger partial charge in [0.05, 0.1) is 5.41 Å². The number of nitrogens with one attached hydrogen (secondary N) is 1. The summed E-state index contributed by atoms with van der Waals surface area (Å²) in [5.74, 6) is -0.911. The summed E-state index contributed by atoms with van der Waals surface area (Å²) in [5, 5.41) is 11.3. The first-order valence-corrected chi connectivity index (χ1v) is 5.42. The largest absolute Gasteiger partial charge is 0.481 e. The molecule has 0 rings (SSSR count). The minimum atomic E-state index is -0.935. The second kappa shape index (κ2) is 5.70. The topological polar surface area (TPSA) is 75.6 Å². The highest BCUT2D eigenvalue weighted by atomic mass is 16.6. The fourth-order valence-corrected chi connectivity index (χ4v) is 0.881. The third-order valence-electron chi connectivity index (χ3n) is 1.85. The molecule has 0 radical (unpaired) electrons. The zero-order chi connectivity index (χ0) is 13.7. The lowest BCUT2D eigenvalue weighted by atomic mass is 9.93. The number of aliphatic carboxylic acids is 1. The van der Waals surface area contributed by atoms with E-state index < -0.39 is 23.1 Å². The molecule has 0 atom stereocenters. The monoisotopic (exact) mass is 243 g/mol. The van der Waals surface area contributed by atoms with Gasteiger partial charge in [-0.15, -0.1) is 0 Å². The van der Waals surface area contributed by atoms with E-state index in [9.17, 15) is 9.59 Å². The lowest BCUT2D eigenvalue weighted by molar-refractivity contribution is -0.144. The zero-order valence-corrected chi connectivity index (χ0v) is 11.0. The van der Waals surface area contributed by atoms with Crippen molar-refractivity contribution in [2.45, 2.75) is 40.2 Å². The molecule has 1 amide bonds. The number of amides is 1. The standard InChI is InChI=1S/C12H21NO4/c1-11(2,3)17-10(16)13-8-6-7-12(4,5)9(14)15/h6-7H,8H2,1-5H3,(H,13,16)(H,14,15). The van der Waals surface area contributed by atoms with E-state index in [0.717, 1.165) is 0 Å². The highest BCUT2D eigenvalue weighted by Gasteiger charge is 2.22. The van der Waals surface area contributed by atoms with Crippen LogP contribution in [0.2, 0.25) is 0 Å². The lowest BCUT2D eigenvalue weighted by Crippen LogP contribution is -2.32. The van der Waals surface area contributed by atoms with Gasteiger partial charge >= 0.3 is 12.1 Å². The van der Waals surface area contributed by atoms with Gasteiger partial charge in [0.2, 0.25) is 0 Å². The molecule has 98 valence electrons. The molecule has 0 aliphatic rings. The molecule has 0 fully saturated rings. The Morgan fingerprint density at radius 2 is 1.76 bits per heavy atom. The van der Waals surface area contributed by atoms with E-state index in [0.29, 0.717) is 0 Å². The summed E-state index contributed by atoms with van der Waals surface area (Å²) in [4.78, 5) is 22.0. The Bertz CT molecular complexity index is 313. The summed E-state index contributed by atoms with van der Waals surface area (Å²) in [6.07, 6.45) is 2.61. The third kappa shape index (κ3) is 7.38. The molecule has 0 spiro atoms. The van der Waals surface area contributed by atoms with Crippen LogP contribution in [0.1, 0.15) is 34.6 Å². The molecule has 0 aromatic carbocycles. The Kier molecular flexibility index (Phi) is 5.19. The number of carboxylic acid groups (broad SMARTS) is 1. The van der Waals surface area contributed by atoms with Crippen molar-refractivity contribution in [3.8, 4) is 0 Å². The maximum absolute atomic E-state index is 11.2. The minimum Gasteiger partial charge on any atom is -0.481 e. The van der Waals surface area contributed by atoms with E-state index in [1.807, 2.05) is 0 Å². The molecule has 0 aliphatic heterocycles. The van der Waals surface area contributed by atoms with Gasteiger partial charge in [0.15, 0.2) is 0 Å². The molecular weight excluding hydrogens is 222 g/mol. The molecule has 0 aliphatic carbocycles. The van der Waals surface area contributed by atoms with Crippen LogP contribution in [0.3, 0.4) is 0 Å². The van der Waals surface area contributed by atoms with Gasteiger partial charge in [-0.1, -0.05) is 12.2 Å². The minimum absolute atomic E-state index is 0.242. The first-order valence-electron chi connectivity index (χ1n) is 5.42. The first-order chi connectivity index (χ1) is 7.54. The number of carbonyl (C=O) groups excluding carboxylic acids is 1. The number of carbonyl (C=O) groups is 2. The van der Waals surface area contributed by atoms with Crippen molar-refractivity contribution in [3.63, 3.8) is 0 Å². The van der Waals surface area contributed by atoms with Crippen molar-refractivity contribution < 1.29 is 19.4 Å². The number of ether oxygens (including phenoxy) is 1. The van der Waals surface area contributed by atoms with Gasteiger partial charge in [-0.25, -0.2) is 4.79 Å². The predicted molar refractivity (Wildman–Crippen MR) is 64.8 cm³/mol. The first kappa shape index (κ1) is 15.5. The van der Waals surface area contributed by atoms with E-state index in [-0.39, 0.29) is 6.54 Å². The number of alkyl carbamates (subject to hydrolysis) is 1. The van der Waals surface area contributed by atoms with Crippen LogP contribution in [0.25, 0.3) is 0 Å². The predicted octanol–water partition coefficient (Wildman–Crippen LogP) is 2.18. The number of hydrogen-bond acceptors (Lipinski definition) is 3.